The molecule has 0 saturated heterocycles. The summed E-state index contributed by atoms with van der Waals surface area (Å²) in [5.74, 6) is 0.801. The van der Waals surface area contributed by atoms with Crippen molar-refractivity contribution < 1.29 is 9.53 Å². The summed E-state index contributed by atoms with van der Waals surface area (Å²) >= 11 is 6.12. The number of nitrogens with zero attached hydrogens (tertiary/aromatic N) is 2. The van der Waals surface area contributed by atoms with Crippen molar-refractivity contribution in [2.75, 3.05) is 20.7 Å². The molecule has 0 saturated carbocycles. The molecule has 4 nitrogen and oxygen atoms in total. The Morgan fingerprint density at radius 1 is 1.35 bits per heavy atom. The number of pyridine rings is 1. The van der Waals surface area contributed by atoms with Crippen LogP contribution in [-0.2, 0) is 4.79 Å². The van der Waals surface area contributed by atoms with Crippen molar-refractivity contribution in [3.05, 3.63) is 35.5 Å². The van der Waals surface area contributed by atoms with Gasteiger partial charge in [0.1, 0.15) is 11.3 Å². The summed E-state index contributed by atoms with van der Waals surface area (Å²) in [6.07, 6.45) is 2.86. The second-order valence-corrected chi connectivity index (χ2v) is 5.09. The molecule has 1 aromatic heterocycles. The Bertz CT molecular complexity index is 614. The Balaban J connectivity index is 2.00. The first kappa shape index (κ1) is 14.6. The molecule has 2 aromatic rings. The number of halogens is 1. The smallest absolute Gasteiger partial charge is 0.222 e. The fourth-order valence-electron chi connectivity index (χ4n) is 1.86. The molecule has 0 aliphatic rings. The van der Waals surface area contributed by atoms with Crippen LogP contribution in [0.2, 0.25) is 5.02 Å². The topological polar surface area (TPSA) is 42.4 Å². The number of hydrogen-bond acceptors (Lipinski definition) is 3. The molecule has 1 aromatic carbocycles. The van der Waals surface area contributed by atoms with Crippen LogP contribution in [0.3, 0.4) is 0 Å². The molecular weight excluding hydrogens is 276 g/mol. The van der Waals surface area contributed by atoms with Crippen molar-refractivity contribution >= 4 is 28.4 Å². The molecule has 0 aliphatic heterocycles. The minimum Gasteiger partial charge on any atom is -0.491 e. The lowest BCUT2D eigenvalue weighted by Crippen LogP contribution is -2.21. The summed E-state index contributed by atoms with van der Waals surface area (Å²) in [6, 6.07) is 7.36. The number of ether oxygens (including phenoxy) is 1. The van der Waals surface area contributed by atoms with Crippen LogP contribution in [0.4, 0.5) is 0 Å². The Labute approximate surface area is 123 Å². The van der Waals surface area contributed by atoms with E-state index in [9.17, 15) is 4.79 Å². The highest BCUT2D eigenvalue weighted by Crippen LogP contribution is 2.29. The third-order valence-electron chi connectivity index (χ3n) is 2.97. The first-order chi connectivity index (χ1) is 9.59. The van der Waals surface area contributed by atoms with Gasteiger partial charge in [0, 0.05) is 32.1 Å². The van der Waals surface area contributed by atoms with Gasteiger partial charge in [-0.25, -0.2) is 0 Å². The van der Waals surface area contributed by atoms with E-state index in [1.165, 1.54) is 0 Å². The molecule has 0 bridgehead atoms. The van der Waals surface area contributed by atoms with E-state index in [1.54, 1.807) is 31.3 Å². The number of hydrogen-bond donors (Lipinski definition) is 0. The Morgan fingerprint density at radius 3 is 2.90 bits per heavy atom. The van der Waals surface area contributed by atoms with E-state index >= 15 is 0 Å². The fourth-order valence-corrected chi connectivity index (χ4v) is 2.07. The van der Waals surface area contributed by atoms with Gasteiger partial charge in [-0.2, -0.15) is 0 Å². The predicted molar refractivity (Wildman–Crippen MR) is 80.2 cm³/mol. The van der Waals surface area contributed by atoms with Crippen molar-refractivity contribution in [2.24, 2.45) is 0 Å². The maximum absolute atomic E-state index is 11.5. The summed E-state index contributed by atoms with van der Waals surface area (Å²) in [5, 5.41) is 1.53. The van der Waals surface area contributed by atoms with Crippen molar-refractivity contribution in [1.82, 2.24) is 9.88 Å². The van der Waals surface area contributed by atoms with Crippen molar-refractivity contribution in [3.63, 3.8) is 0 Å². The van der Waals surface area contributed by atoms with E-state index in [0.717, 1.165) is 10.9 Å². The summed E-state index contributed by atoms with van der Waals surface area (Å²) in [6.45, 7) is 0.479. The van der Waals surface area contributed by atoms with E-state index in [-0.39, 0.29) is 5.91 Å². The van der Waals surface area contributed by atoms with E-state index < -0.39 is 0 Å². The molecule has 5 heteroatoms. The average molecular weight is 293 g/mol. The van der Waals surface area contributed by atoms with Crippen molar-refractivity contribution in [2.45, 2.75) is 12.8 Å². The number of carbonyl (C=O) groups is 1. The molecule has 106 valence electrons. The van der Waals surface area contributed by atoms with Crippen LogP contribution in [0.1, 0.15) is 12.8 Å². The molecule has 0 aliphatic carbocycles. The molecule has 0 atom stereocenters. The van der Waals surface area contributed by atoms with Gasteiger partial charge in [-0.05, 0) is 30.7 Å². The first-order valence-corrected chi connectivity index (χ1v) is 6.83. The maximum atomic E-state index is 11.5. The lowest BCUT2D eigenvalue weighted by atomic mass is 10.2. The van der Waals surface area contributed by atoms with Gasteiger partial charge in [0.25, 0.3) is 0 Å². The van der Waals surface area contributed by atoms with Crippen LogP contribution in [-0.4, -0.2) is 36.5 Å². The van der Waals surface area contributed by atoms with Gasteiger partial charge in [0.05, 0.1) is 11.6 Å². The van der Waals surface area contributed by atoms with Crippen molar-refractivity contribution in [1.29, 1.82) is 0 Å². The maximum Gasteiger partial charge on any atom is 0.222 e. The van der Waals surface area contributed by atoms with Gasteiger partial charge in [-0.15, -0.1) is 0 Å². The highest BCUT2D eigenvalue weighted by Gasteiger charge is 2.07. The third kappa shape index (κ3) is 3.39. The first-order valence-electron chi connectivity index (χ1n) is 6.46. The normalized spacial score (nSPS) is 10.6. The number of rotatable bonds is 5. The van der Waals surface area contributed by atoms with E-state index in [0.29, 0.717) is 30.2 Å². The van der Waals surface area contributed by atoms with Crippen LogP contribution < -0.4 is 4.74 Å². The van der Waals surface area contributed by atoms with Gasteiger partial charge < -0.3 is 9.64 Å². The Kier molecular flexibility index (Phi) is 4.79. The Morgan fingerprint density at radius 2 is 2.15 bits per heavy atom. The fraction of sp³-hybridized carbons (Fsp3) is 0.333. The van der Waals surface area contributed by atoms with Gasteiger partial charge in [-0.1, -0.05) is 11.6 Å². The Hall–Kier alpha value is -1.81. The largest absolute Gasteiger partial charge is 0.491 e. The molecule has 0 radical (unpaired) electrons. The van der Waals surface area contributed by atoms with Crippen LogP contribution in [0.15, 0.2) is 30.5 Å². The molecule has 0 spiro atoms. The predicted octanol–water partition coefficient (Wildman–Crippen LogP) is 3.14. The quantitative estimate of drug-likeness (QED) is 0.795. The third-order valence-corrected chi connectivity index (χ3v) is 3.30. The number of carbonyl (C=O) groups excluding carboxylic acids is 1. The summed E-state index contributed by atoms with van der Waals surface area (Å²) in [4.78, 5) is 17.3. The zero-order valence-corrected chi connectivity index (χ0v) is 12.4. The van der Waals surface area contributed by atoms with Gasteiger partial charge >= 0.3 is 0 Å². The van der Waals surface area contributed by atoms with Gasteiger partial charge in [-0.3, -0.25) is 9.78 Å². The molecule has 2 rings (SSSR count). The van der Waals surface area contributed by atoms with Crippen molar-refractivity contribution in [3.8, 4) is 5.75 Å². The molecule has 1 heterocycles. The van der Waals surface area contributed by atoms with Gasteiger partial charge in [0.2, 0.25) is 5.91 Å². The minimum atomic E-state index is 0.104. The summed E-state index contributed by atoms with van der Waals surface area (Å²) in [5.41, 5.74) is 0.749. The van der Waals surface area contributed by atoms with Crippen LogP contribution in [0, 0.1) is 0 Å². The highest BCUT2D eigenvalue weighted by molar-refractivity contribution is 6.35. The van der Waals surface area contributed by atoms with E-state index in [1.807, 2.05) is 18.2 Å². The number of aromatic nitrogens is 1. The number of amides is 1. The lowest BCUT2D eigenvalue weighted by molar-refractivity contribution is -0.128. The average Bonchev–Trinajstić information content (AvgIpc) is 2.45. The summed E-state index contributed by atoms with van der Waals surface area (Å²) in [7, 11) is 3.50. The molecular formula is C15H17ClN2O2. The second-order valence-electron chi connectivity index (χ2n) is 4.69. The standard InChI is InChI=1S/C15H17ClN2O2/c1-18(2)14(19)6-4-10-20-13-8-7-12(16)11-5-3-9-17-15(11)13/h3,5,7-9H,4,6,10H2,1-2H3. The molecule has 20 heavy (non-hydrogen) atoms. The monoisotopic (exact) mass is 292 g/mol. The van der Waals surface area contributed by atoms with Gasteiger partial charge in [0.15, 0.2) is 0 Å². The zero-order valence-electron chi connectivity index (χ0n) is 11.6. The highest BCUT2D eigenvalue weighted by atomic mass is 35.5. The van der Waals surface area contributed by atoms with E-state index in [4.69, 9.17) is 16.3 Å². The lowest BCUT2D eigenvalue weighted by Gasteiger charge is -2.11. The van der Waals surface area contributed by atoms with E-state index in [2.05, 4.69) is 4.98 Å². The molecule has 0 fully saturated rings. The van der Waals surface area contributed by atoms with Crippen LogP contribution >= 0.6 is 11.6 Å². The molecule has 0 N–H and O–H groups in total. The number of fused-ring (bicyclic) bond motifs is 1. The SMILES string of the molecule is CN(C)C(=O)CCCOc1ccc(Cl)c2cccnc12. The summed E-state index contributed by atoms with van der Waals surface area (Å²) < 4.78 is 5.71. The number of benzene rings is 1. The van der Waals surface area contributed by atoms with Crippen LogP contribution in [0.5, 0.6) is 5.75 Å². The minimum absolute atomic E-state index is 0.104. The van der Waals surface area contributed by atoms with Crippen LogP contribution in [0.25, 0.3) is 10.9 Å². The molecule has 0 unspecified atom stereocenters. The molecule has 1 amide bonds. The zero-order chi connectivity index (χ0) is 14.5. The second kappa shape index (κ2) is 6.57.